The highest BCUT2D eigenvalue weighted by molar-refractivity contribution is 9.10. The van der Waals surface area contributed by atoms with E-state index in [2.05, 4.69) is 41.4 Å². The smallest absolute Gasteiger partial charge is 0.180 e. The molecule has 0 radical (unpaired) electrons. The molecule has 98 valence electrons. The molecule has 0 spiro atoms. The van der Waals surface area contributed by atoms with Crippen molar-refractivity contribution in [2.45, 2.75) is 6.42 Å². The fourth-order valence-corrected chi connectivity index (χ4v) is 2.24. The minimum Gasteiger partial charge on any atom is -0.366 e. The summed E-state index contributed by atoms with van der Waals surface area (Å²) in [4.78, 5) is 8.67. The van der Waals surface area contributed by atoms with Crippen molar-refractivity contribution in [1.82, 2.24) is 29.1 Å². The van der Waals surface area contributed by atoms with Crippen molar-refractivity contribution in [3.63, 3.8) is 0 Å². The Labute approximate surface area is 117 Å². The lowest BCUT2D eigenvalue weighted by Crippen LogP contribution is -2.10. The van der Waals surface area contributed by atoms with Gasteiger partial charge < -0.3 is 14.3 Å². The normalized spacial score (nSPS) is 11.1. The van der Waals surface area contributed by atoms with Crippen LogP contribution in [0.5, 0.6) is 0 Å². The number of halogens is 1. The number of imidazole rings is 1. The van der Waals surface area contributed by atoms with Crippen LogP contribution < -0.4 is 5.32 Å². The van der Waals surface area contributed by atoms with Crippen LogP contribution in [0.4, 0.5) is 5.82 Å². The highest BCUT2D eigenvalue weighted by Gasteiger charge is 2.06. The molecule has 0 unspecified atom stereocenters. The Hall–Kier alpha value is -1.96. The van der Waals surface area contributed by atoms with E-state index in [1.54, 1.807) is 12.5 Å². The Kier molecular flexibility index (Phi) is 3.16. The van der Waals surface area contributed by atoms with Gasteiger partial charge >= 0.3 is 0 Å². The van der Waals surface area contributed by atoms with Crippen LogP contribution in [-0.2, 0) is 13.5 Å². The standard InChI is InChI=1S/C11H12BrN7/c1-18-7-15-17-9(18)2-3-13-10-11-14-4-5-19(11)6-8(12)16-10/h4-7H,2-3H2,1H3,(H,13,16). The van der Waals surface area contributed by atoms with Crippen molar-refractivity contribution in [3.05, 3.63) is 35.3 Å². The summed E-state index contributed by atoms with van der Waals surface area (Å²) < 4.78 is 4.59. The lowest BCUT2D eigenvalue weighted by molar-refractivity contribution is 0.787. The predicted octanol–water partition coefficient (Wildman–Crippen LogP) is 1.27. The fraction of sp³-hybridized carbons (Fsp3) is 0.273. The van der Waals surface area contributed by atoms with Gasteiger partial charge in [-0.25, -0.2) is 9.97 Å². The first kappa shape index (κ1) is 12.1. The van der Waals surface area contributed by atoms with Crippen molar-refractivity contribution in [2.24, 2.45) is 7.05 Å². The summed E-state index contributed by atoms with van der Waals surface area (Å²) in [6.07, 6.45) is 7.97. The van der Waals surface area contributed by atoms with Gasteiger partial charge in [0.1, 0.15) is 16.8 Å². The van der Waals surface area contributed by atoms with Crippen molar-refractivity contribution in [3.8, 4) is 0 Å². The molecule has 7 nitrogen and oxygen atoms in total. The van der Waals surface area contributed by atoms with Crippen LogP contribution >= 0.6 is 15.9 Å². The third kappa shape index (κ3) is 2.43. The highest BCUT2D eigenvalue weighted by Crippen LogP contribution is 2.16. The maximum atomic E-state index is 4.39. The number of fused-ring (bicyclic) bond motifs is 1. The summed E-state index contributed by atoms with van der Waals surface area (Å²) in [5.41, 5.74) is 0.807. The lowest BCUT2D eigenvalue weighted by atomic mass is 10.4. The van der Waals surface area contributed by atoms with E-state index in [4.69, 9.17) is 0 Å². The third-order valence-corrected chi connectivity index (χ3v) is 3.17. The molecule has 0 bridgehead atoms. The first-order valence-electron chi connectivity index (χ1n) is 5.80. The van der Waals surface area contributed by atoms with Gasteiger partial charge in [-0.3, -0.25) is 0 Å². The molecular formula is C11H12BrN7. The second-order valence-electron chi connectivity index (χ2n) is 4.11. The van der Waals surface area contributed by atoms with Crippen LogP contribution in [0, 0.1) is 0 Å². The molecule has 3 aromatic rings. The number of hydrogen-bond donors (Lipinski definition) is 1. The zero-order valence-corrected chi connectivity index (χ0v) is 11.9. The quantitative estimate of drug-likeness (QED) is 0.783. The van der Waals surface area contributed by atoms with Crippen molar-refractivity contribution < 1.29 is 0 Å². The summed E-state index contributed by atoms with van der Waals surface area (Å²) in [5.74, 6) is 1.68. The maximum Gasteiger partial charge on any atom is 0.180 e. The molecule has 3 heterocycles. The predicted molar refractivity (Wildman–Crippen MR) is 73.9 cm³/mol. The van der Waals surface area contributed by atoms with Crippen LogP contribution in [0.1, 0.15) is 5.82 Å². The van der Waals surface area contributed by atoms with Crippen molar-refractivity contribution in [1.29, 1.82) is 0 Å². The molecular weight excluding hydrogens is 310 g/mol. The molecule has 0 saturated heterocycles. The Morgan fingerprint density at radius 3 is 3.11 bits per heavy atom. The van der Waals surface area contributed by atoms with Crippen LogP contribution in [0.25, 0.3) is 5.65 Å². The van der Waals surface area contributed by atoms with Gasteiger partial charge in [0.05, 0.1) is 0 Å². The number of aryl methyl sites for hydroxylation is 1. The molecule has 3 aromatic heterocycles. The Balaban J connectivity index is 1.75. The second kappa shape index (κ2) is 4.96. The van der Waals surface area contributed by atoms with E-state index >= 15 is 0 Å². The molecule has 8 heteroatoms. The highest BCUT2D eigenvalue weighted by atomic mass is 79.9. The van der Waals surface area contributed by atoms with Crippen LogP contribution in [0.2, 0.25) is 0 Å². The Bertz CT molecular complexity index is 702. The van der Waals surface area contributed by atoms with E-state index in [1.807, 2.05) is 28.4 Å². The topological polar surface area (TPSA) is 72.9 Å². The zero-order chi connectivity index (χ0) is 13.2. The number of nitrogens with zero attached hydrogens (tertiary/aromatic N) is 6. The van der Waals surface area contributed by atoms with E-state index < -0.39 is 0 Å². The molecule has 0 aliphatic carbocycles. The molecule has 0 aliphatic rings. The van der Waals surface area contributed by atoms with E-state index in [1.165, 1.54) is 0 Å². The largest absolute Gasteiger partial charge is 0.366 e. The van der Waals surface area contributed by atoms with Crippen LogP contribution in [-0.4, -0.2) is 35.7 Å². The summed E-state index contributed by atoms with van der Waals surface area (Å²) in [6.45, 7) is 0.721. The molecule has 0 aliphatic heterocycles. The van der Waals surface area contributed by atoms with Crippen molar-refractivity contribution in [2.75, 3.05) is 11.9 Å². The number of anilines is 1. The molecule has 0 saturated carbocycles. The second-order valence-corrected chi connectivity index (χ2v) is 4.92. The minimum absolute atomic E-state index is 0.721. The average Bonchev–Trinajstić information content (AvgIpc) is 2.98. The first-order valence-corrected chi connectivity index (χ1v) is 6.59. The molecule has 0 atom stereocenters. The summed E-state index contributed by atoms with van der Waals surface area (Å²) in [7, 11) is 1.93. The van der Waals surface area contributed by atoms with Gasteiger partial charge in [0, 0.05) is 38.6 Å². The van der Waals surface area contributed by atoms with E-state index in [0.717, 1.165) is 34.9 Å². The first-order chi connectivity index (χ1) is 9.24. The number of rotatable bonds is 4. The van der Waals surface area contributed by atoms with Gasteiger partial charge in [-0.1, -0.05) is 0 Å². The molecule has 1 N–H and O–H groups in total. The number of hydrogen-bond acceptors (Lipinski definition) is 5. The van der Waals surface area contributed by atoms with Gasteiger partial charge in [-0.05, 0) is 15.9 Å². The number of aromatic nitrogens is 6. The van der Waals surface area contributed by atoms with Gasteiger partial charge in [-0.15, -0.1) is 10.2 Å². The molecule has 3 rings (SSSR count). The van der Waals surface area contributed by atoms with Gasteiger partial charge in [-0.2, -0.15) is 0 Å². The minimum atomic E-state index is 0.721. The third-order valence-electron chi connectivity index (χ3n) is 2.79. The summed E-state index contributed by atoms with van der Waals surface area (Å²) >= 11 is 3.38. The lowest BCUT2D eigenvalue weighted by Gasteiger charge is -2.07. The maximum absolute atomic E-state index is 4.39. The zero-order valence-electron chi connectivity index (χ0n) is 10.3. The molecule has 19 heavy (non-hydrogen) atoms. The average molecular weight is 322 g/mol. The molecule has 0 amide bonds. The SMILES string of the molecule is Cn1cnnc1CCNc1nc(Br)cn2ccnc12. The summed E-state index contributed by atoms with van der Waals surface area (Å²) in [5, 5.41) is 11.2. The number of nitrogens with one attached hydrogen (secondary N) is 1. The van der Waals surface area contributed by atoms with Gasteiger partial charge in [0.25, 0.3) is 0 Å². The molecule has 0 fully saturated rings. The van der Waals surface area contributed by atoms with E-state index in [-0.39, 0.29) is 0 Å². The molecule has 0 aromatic carbocycles. The summed E-state index contributed by atoms with van der Waals surface area (Å²) in [6, 6.07) is 0. The van der Waals surface area contributed by atoms with Gasteiger partial charge in [0.15, 0.2) is 11.5 Å². The van der Waals surface area contributed by atoms with Crippen LogP contribution in [0.15, 0.2) is 29.5 Å². The van der Waals surface area contributed by atoms with Gasteiger partial charge in [0.2, 0.25) is 0 Å². The van der Waals surface area contributed by atoms with E-state index in [9.17, 15) is 0 Å². The Morgan fingerprint density at radius 2 is 2.32 bits per heavy atom. The van der Waals surface area contributed by atoms with Crippen molar-refractivity contribution >= 4 is 27.4 Å². The van der Waals surface area contributed by atoms with Crippen LogP contribution in [0.3, 0.4) is 0 Å². The Morgan fingerprint density at radius 1 is 1.42 bits per heavy atom. The fourth-order valence-electron chi connectivity index (χ4n) is 1.85. The monoisotopic (exact) mass is 321 g/mol. The van der Waals surface area contributed by atoms with E-state index in [0.29, 0.717) is 0 Å².